The van der Waals surface area contributed by atoms with Crippen molar-refractivity contribution in [1.29, 1.82) is 0 Å². The number of rotatable bonds is 2. The van der Waals surface area contributed by atoms with Gasteiger partial charge in [0.05, 0.1) is 11.6 Å². The monoisotopic (exact) mass is 289 g/mol. The van der Waals surface area contributed by atoms with Gasteiger partial charge in [-0.15, -0.1) is 0 Å². The Labute approximate surface area is 123 Å². The van der Waals surface area contributed by atoms with E-state index in [4.69, 9.17) is 19.7 Å². The number of para-hydroxylation sites is 1. The first-order valence-electron chi connectivity index (χ1n) is 6.95. The normalized spacial score (nSPS) is 15.8. The first-order chi connectivity index (χ1) is 9.97. The number of hydrogen-bond donors (Lipinski definition) is 1. The summed E-state index contributed by atoms with van der Waals surface area (Å²) < 4.78 is 16.6. The van der Waals surface area contributed by atoms with Crippen molar-refractivity contribution in [3.63, 3.8) is 0 Å². The van der Waals surface area contributed by atoms with Gasteiger partial charge in [-0.2, -0.15) is 4.98 Å². The van der Waals surface area contributed by atoms with Crippen molar-refractivity contribution >= 4 is 0 Å². The lowest BCUT2D eigenvalue weighted by Gasteiger charge is -2.23. The summed E-state index contributed by atoms with van der Waals surface area (Å²) in [6, 6.07) is 5.30. The SMILES string of the molecule is CC(C)(C)C(N)c1noc(-c2cccc3c2OCCO3)n1. The quantitative estimate of drug-likeness (QED) is 0.914. The predicted octanol–water partition coefficient (Wildman–Crippen LogP) is 2.55. The highest BCUT2D eigenvalue weighted by atomic mass is 16.6. The Hall–Kier alpha value is -2.08. The van der Waals surface area contributed by atoms with Gasteiger partial charge in [0.15, 0.2) is 17.3 Å². The van der Waals surface area contributed by atoms with Crippen LogP contribution in [0.15, 0.2) is 22.7 Å². The van der Waals surface area contributed by atoms with Gasteiger partial charge in [0.25, 0.3) is 5.89 Å². The molecule has 1 aliphatic rings. The number of hydrogen-bond acceptors (Lipinski definition) is 6. The zero-order chi connectivity index (χ0) is 15.0. The molecule has 2 N–H and O–H groups in total. The molecule has 112 valence electrons. The Morgan fingerprint density at radius 2 is 1.95 bits per heavy atom. The van der Waals surface area contributed by atoms with Crippen LogP contribution in [0.2, 0.25) is 0 Å². The standard InChI is InChI=1S/C15H19N3O3/c1-15(2,3)12(16)13-17-14(21-18-13)9-5-4-6-10-11(9)20-8-7-19-10/h4-6,12H,7-8,16H2,1-3H3. The molecular weight excluding hydrogens is 270 g/mol. The van der Waals surface area contributed by atoms with E-state index in [1.807, 2.05) is 39.0 Å². The average molecular weight is 289 g/mol. The van der Waals surface area contributed by atoms with E-state index in [-0.39, 0.29) is 11.5 Å². The minimum Gasteiger partial charge on any atom is -0.486 e. The Bertz CT molecular complexity index is 646. The minimum atomic E-state index is -0.299. The fourth-order valence-electron chi connectivity index (χ4n) is 2.10. The number of nitrogens with two attached hydrogens (primary N) is 1. The van der Waals surface area contributed by atoms with Crippen molar-refractivity contribution in [2.24, 2.45) is 11.1 Å². The second kappa shape index (κ2) is 5.04. The van der Waals surface area contributed by atoms with Gasteiger partial charge in [0.1, 0.15) is 13.2 Å². The van der Waals surface area contributed by atoms with Crippen molar-refractivity contribution in [3.05, 3.63) is 24.0 Å². The molecule has 1 aliphatic heterocycles. The third-order valence-corrected chi connectivity index (χ3v) is 3.45. The number of ether oxygens (including phenoxy) is 2. The molecule has 0 amide bonds. The smallest absolute Gasteiger partial charge is 0.261 e. The molecule has 0 spiro atoms. The molecule has 0 aliphatic carbocycles. The van der Waals surface area contributed by atoms with E-state index < -0.39 is 0 Å². The maximum Gasteiger partial charge on any atom is 0.261 e. The van der Waals surface area contributed by atoms with Crippen LogP contribution in [0.4, 0.5) is 0 Å². The molecule has 1 unspecified atom stereocenters. The highest BCUT2D eigenvalue weighted by Crippen LogP contribution is 2.39. The van der Waals surface area contributed by atoms with Gasteiger partial charge in [-0.05, 0) is 17.5 Å². The summed E-state index contributed by atoms with van der Waals surface area (Å²) >= 11 is 0. The average Bonchev–Trinajstić information content (AvgIpc) is 2.94. The van der Waals surface area contributed by atoms with Crippen LogP contribution in [0.5, 0.6) is 11.5 Å². The number of aromatic nitrogens is 2. The van der Waals surface area contributed by atoms with Crippen LogP contribution in [-0.4, -0.2) is 23.4 Å². The molecule has 1 aromatic carbocycles. The van der Waals surface area contributed by atoms with Crippen molar-refractivity contribution < 1.29 is 14.0 Å². The Kier molecular flexibility index (Phi) is 3.33. The Morgan fingerprint density at radius 3 is 2.71 bits per heavy atom. The molecule has 21 heavy (non-hydrogen) atoms. The Morgan fingerprint density at radius 1 is 1.19 bits per heavy atom. The summed E-state index contributed by atoms with van der Waals surface area (Å²) in [5.74, 6) is 2.22. The third-order valence-electron chi connectivity index (χ3n) is 3.45. The number of benzene rings is 1. The van der Waals surface area contributed by atoms with E-state index in [0.717, 1.165) is 5.56 Å². The van der Waals surface area contributed by atoms with Gasteiger partial charge in [-0.25, -0.2) is 0 Å². The van der Waals surface area contributed by atoms with Gasteiger partial charge in [0, 0.05) is 0 Å². The summed E-state index contributed by atoms with van der Waals surface area (Å²) in [5, 5.41) is 4.00. The molecule has 0 saturated carbocycles. The highest BCUT2D eigenvalue weighted by Gasteiger charge is 2.28. The summed E-state index contributed by atoms with van der Waals surface area (Å²) in [6.07, 6.45) is 0. The summed E-state index contributed by atoms with van der Waals surface area (Å²) in [7, 11) is 0. The molecule has 6 heteroatoms. The lowest BCUT2D eigenvalue weighted by Crippen LogP contribution is -2.27. The lowest BCUT2D eigenvalue weighted by atomic mass is 9.87. The van der Waals surface area contributed by atoms with Crippen LogP contribution < -0.4 is 15.2 Å². The van der Waals surface area contributed by atoms with Crippen molar-refractivity contribution in [2.45, 2.75) is 26.8 Å². The first-order valence-corrected chi connectivity index (χ1v) is 6.95. The third kappa shape index (κ3) is 2.58. The van der Waals surface area contributed by atoms with Gasteiger partial charge < -0.3 is 19.7 Å². The van der Waals surface area contributed by atoms with Crippen LogP contribution in [0.25, 0.3) is 11.5 Å². The second-order valence-electron chi connectivity index (χ2n) is 6.13. The van der Waals surface area contributed by atoms with Crippen LogP contribution >= 0.6 is 0 Å². The molecule has 3 rings (SSSR count). The summed E-state index contributed by atoms with van der Waals surface area (Å²) in [4.78, 5) is 4.42. The van der Waals surface area contributed by atoms with Crippen LogP contribution in [-0.2, 0) is 0 Å². The predicted molar refractivity (Wildman–Crippen MR) is 77.1 cm³/mol. The van der Waals surface area contributed by atoms with Crippen LogP contribution in [0.3, 0.4) is 0 Å². The van der Waals surface area contributed by atoms with Gasteiger partial charge in [-0.3, -0.25) is 0 Å². The zero-order valence-corrected chi connectivity index (χ0v) is 12.4. The van der Waals surface area contributed by atoms with E-state index in [1.54, 1.807) is 0 Å². The fraction of sp³-hybridized carbons (Fsp3) is 0.467. The van der Waals surface area contributed by atoms with Crippen LogP contribution in [0, 0.1) is 5.41 Å². The zero-order valence-electron chi connectivity index (χ0n) is 12.4. The van der Waals surface area contributed by atoms with Gasteiger partial charge in [0.2, 0.25) is 0 Å². The van der Waals surface area contributed by atoms with Crippen molar-refractivity contribution in [3.8, 4) is 23.0 Å². The number of fused-ring (bicyclic) bond motifs is 1. The molecule has 2 aromatic rings. The molecule has 0 bridgehead atoms. The Balaban J connectivity index is 1.97. The highest BCUT2D eigenvalue weighted by molar-refractivity contribution is 5.67. The van der Waals surface area contributed by atoms with E-state index in [1.165, 1.54) is 0 Å². The molecule has 0 saturated heterocycles. The fourth-order valence-corrected chi connectivity index (χ4v) is 2.10. The van der Waals surface area contributed by atoms with E-state index >= 15 is 0 Å². The van der Waals surface area contributed by atoms with Gasteiger partial charge >= 0.3 is 0 Å². The summed E-state index contributed by atoms with van der Waals surface area (Å²) in [6.45, 7) is 7.16. The maximum absolute atomic E-state index is 6.16. The van der Waals surface area contributed by atoms with Crippen LogP contribution in [0.1, 0.15) is 32.6 Å². The molecule has 1 atom stereocenters. The minimum absolute atomic E-state index is 0.142. The summed E-state index contributed by atoms with van der Waals surface area (Å²) in [5.41, 5.74) is 6.75. The van der Waals surface area contributed by atoms with Gasteiger partial charge in [-0.1, -0.05) is 32.0 Å². The largest absolute Gasteiger partial charge is 0.486 e. The molecule has 0 fully saturated rings. The molecule has 6 nitrogen and oxygen atoms in total. The molecule has 0 radical (unpaired) electrons. The molecule has 1 aromatic heterocycles. The molecular formula is C15H19N3O3. The second-order valence-corrected chi connectivity index (χ2v) is 6.13. The lowest BCUT2D eigenvalue weighted by molar-refractivity contribution is 0.172. The van der Waals surface area contributed by atoms with E-state index in [9.17, 15) is 0 Å². The molecule has 2 heterocycles. The first kappa shape index (κ1) is 13.9. The van der Waals surface area contributed by atoms with E-state index in [0.29, 0.717) is 36.4 Å². The van der Waals surface area contributed by atoms with Crippen molar-refractivity contribution in [2.75, 3.05) is 13.2 Å². The van der Waals surface area contributed by atoms with E-state index in [2.05, 4.69) is 10.1 Å². The maximum atomic E-state index is 6.16. The van der Waals surface area contributed by atoms with Crippen molar-refractivity contribution in [1.82, 2.24) is 10.1 Å². The number of nitrogens with zero attached hydrogens (tertiary/aromatic N) is 2. The topological polar surface area (TPSA) is 83.4 Å².